The summed E-state index contributed by atoms with van der Waals surface area (Å²) in [7, 11) is 0. The standard InChI is InChI=1S/C16H13Br2ClN2/c1-10-8-11(17)3-5-14(10)21-15-9-12(18)2-4-13(15)20-16(21)6-7-19/h2-5,8-9H,6-7H2,1H3. The molecule has 0 atom stereocenters. The van der Waals surface area contributed by atoms with Crippen LogP contribution in [0.15, 0.2) is 45.3 Å². The maximum atomic E-state index is 5.95. The topological polar surface area (TPSA) is 17.8 Å². The summed E-state index contributed by atoms with van der Waals surface area (Å²) in [5, 5.41) is 0. The zero-order valence-corrected chi connectivity index (χ0v) is 15.3. The molecule has 3 rings (SSSR count). The van der Waals surface area contributed by atoms with Crippen LogP contribution in [0, 0.1) is 6.92 Å². The molecule has 0 aliphatic rings. The Morgan fingerprint density at radius 3 is 2.52 bits per heavy atom. The lowest BCUT2D eigenvalue weighted by Crippen LogP contribution is -2.04. The number of nitrogens with zero attached hydrogens (tertiary/aromatic N) is 2. The molecule has 0 aliphatic carbocycles. The number of imidazole rings is 1. The van der Waals surface area contributed by atoms with Crippen molar-refractivity contribution in [3.63, 3.8) is 0 Å². The van der Waals surface area contributed by atoms with E-state index in [1.54, 1.807) is 0 Å². The Bertz CT molecular complexity index is 811. The van der Waals surface area contributed by atoms with Gasteiger partial charge in [0.15, 0.2) is 0 Å². The van der Waals surface area contributed by atoms with Crippen molar-refractivity contribution in [3.8, 4) is 5.69 Å². The van der Waals surface area contributed by atoms with Crippen LogP contribution in [0.1, 0.15) is 11.4 Å². The van der Waals surface area contributed by atoms with E-state index in [2.05, 4.69) is 67.6 Å². The summed E-state index contributed by atoms with van der Waals surface area (Å²) >= 11 is 13.0. The minimum atomic E-state index is 0.556. The lowest BCUT2D eigenvalue weighted by Gasteiger charge is -2.12. The zero-order chi connectivity index (χ0) is 15.0. The van der Waals surface area contributed by atoms with Crippen molar-refractivity contribution in [3.05, 3.63) is 56.7 Å². The van der Waals surface area contributed by atoms with E-state index < -0.39 is 0 Å². The summed E-state index contributed by atoms with van der Waals surface area (Å²) in [6.07, 6.45) is 0.739. The Labute approximate surface area is 145 Å². The number of hydrogen-bond acceptors (Lipinski definition) is 1. The quantitative estimate of drug-likeness (QED) is 0.494. The van der Waals surface area contributed by atoms with Crippen molar-refractivity contribution in [1.29, 1.82) is 0 Å². The van der Waals surface area contributed by atoms with E-state index in [1.807, 2.05) is 12.1 Å². The summed E-state index contributed by atoms with van der Waals surface area (Å²) in [5.41, 5.74) is 4.41. The van der Waals surface area contributed by atoms with Crippen molar-refractivity contribution < 1.29 is 0 Å². The van der Waals surface area contributed by atoms with Crippen LogP contribution >= 0.6 is 43.5 Å². The van der Waals surface area contributed by atoms with Crippen molar-refractivity contribution in [2.24, 2.45) is 0 Å². The lowest BCUT2D eigenvalue weighted by molar-refractivity contribution is 0.906. The summed E-state index contributed by atoms with van der Waals surface area (Å²) in [6, 6.07) is 12.4. The van der Waals surface area contributed by atoms with Gasteiger partial charge in [0.05, 0.1) is 16.7 Å². The molecule has 0 fully saturated rings. The number of aryl methyl sites for hydroxylation is 2. The van der Waals surface area contributed by atoms with E-state index in [4.69, 9.17) is 16.6 Å². The number of hydrogen-bond donors (Lipinski definition) is 0. The van der Waals surface area contributed by atoms with Gasteiger partial charge < -0.3 is 0 Å². The number of benzene rings is 2. The first kappa shape index (κ1) is 15.1. The summed E-state index contributed by atoms with van der Waals surface area (Å²) < 4.78 is 4.32. The van der Waals surface area contributed by atoms with Gasteiger partial charge in [0, 0.05) is 21.2 Å². The Morgan fingerprint density at radius 2 is 1.81 bits per heavy atom. The Balaban J connectivity index is 2.32. The number of aromatic nitrogens is 2. The first-order valence-electron chi connectivity index (χ1n) is 6.59. The molecule has 0 saturated heterocycles. The van der Waals surface area contributed by atoms with Gasteiger partial charge >= 0.3 is 0 Å². The van der Waals surface area contributed by atoms with Crippen molar-refractivity contribution in [1.82, 2.24) is 9.55 Å². The maximum Gasteiger partial charge on any atom is 0.115 e. The highest BCUT2D eigenvalue weighted by Crippen LogP contribution is 2.28. The molecule has 1 heterocycles. The fourth-order valence-electron chi connectivity index (χ4n) is 2.49. The molecule has 2 nitrogen and oxygen atoms in total. The average molecular weight is 429 g/mol. The molecule has 0 N–H and O–H groups in total. The van der Waals surface area contributed by atoms with E-state index >= 15 is 0 Å². The molecule has 0 aliphatic heterocycles. The van der Waals surface area contributed by atoms with E-state index in [-0.39, 0.29) is 0 Å². The largest absolute Gasteiger partial charge is 0.296 e. The van der Waals surface area contributed by atoms with E-state index in [9.17, 15) is 0 Å². The van der Waals surface area contributed by atoms with Gasteiger partial charge in [-0.2, -0.15) is 0 Å². The monoisotopic (exact) mass is 426 g/mol. The molecular formula is C16H13Br2ClN2. The van der Waals surface area contributed by atoms with Crippen LogP contribution in [-0.2, 0) is 6.42 Å². The Morgan fingerprint density at radius 1 is 1.10 bits per heavy atom. The van der Waals surface area contributed by atoms with Gasteiger partial charge in [0.1, 0.15) is 5.82 Å². The predicted molar refractivity (Wildman–Crippen MR) is 95.6 cm³/mol. The minimum absolute atomic E-state index is 0.556. The van der Waals surface area contributed by atoms with E-state index in [1.165, 1.54) is 5.56 Å². The van der Waals surface area contributed by atoms with Crippen molar-refractivity contribution >= 4 is 54.5 Å². The van der Waals surface area contributed by atoms with Crippen molar-refractivity contribution in [2.75, 3.05) is 5.88 Å². The number of alkyl halides is 1. The van der Waals surface area contributed by atoms with Crippen molar-refractivity contribution in [2.45, 2.75) is 13.3 Å². The Hall–Kier alpha value is -0.840. The molecule has 0 radical (unpaired) electrons. The third-order valence-electron chi connectivity index (χ3n) is 3.40. The summed E-state index contributed by atoms with van der Waals surface area (Å²) in [4.78, 5) is 4.73. The smallest absolute Gasteiger partial charge is 0.115 e. The normalized spacial score (nSPS) is 11.2. The molecule has 0 spiro atoms. The first-order valence-corrected chi connectivity index (χ1v) is 8.71. The van der Waals surface area contributed by atoms with Crippen LogP contribution < -0.4 is 0 Å². The Kier molecular flexibility index (Phi) is 4.38. The highest BCUT2D eigenvalue weighted by Gasteiger charge is 2.14. The van der Waals surface area contributed by atoms with Crippen LogP contribution in [0.5, 0.6) is 0 Å². The van der Waals surface area contributed by atoms with Gasteiger partial charge in [-0.3, -0.25) is 4.57 Å². The van der Waals surface area contributed by atoms with Gasteiger partial charge in [-0.05, 0) is 48.9 Å². The highest BCUT2D eigenvalue weighted by molar-refractivity contribution is 9.10. The second-order valence-corrected chi connectivity index (χ2v) is 7.08. The molecule has 0 bridgehead atoms. The third-order valence-corrected chi connectivity index (χ3v) is 4.58. The van der Waals surface area contributed by atoms with Crippen LogP contribution in [-0.4, -0.2) is 15.4 Å². The van der Waals surface area contributed by atoms with Gasteiger partial charge in [-0.1, -0.05) is 31.9 Å². The second-order valence-electron chi connectivity index (χ2n) is 4.87. The van der Waals surface area contributed by atoms with Crippen LogP contribution in [0.2, 0.25) is 0 Å². The lowest BCUT2D eigenvalue weighted by atomic mass is 10.2. The van der Waals surface area contributed by atoms with Crippen LogP contribution in [0.3, 0.4) is 0 Å². The molecule has 0 saturated carbocycles. The molecule has 3 aromatic rings. The predicted octanol–water partition coefficient (Wildman–Crippen LogP) is 5.64. The third kappa shape index (κ3) is 2.89. The first-order chi connectivity index (χ1) is 10.1. The number of rotatable bonds is 3. The summed E-state index contributed by atoms with van der Waals surface area (Å²) in [6.45, 7) is 2.11. The minimum Gasteiger partial charge on any atom is -0.296 e. The van der Waals surface area contributed by atoms with Gasteiger partial charge in [-0.15, -0.1) is 11.6 Å². The molecule has 2 aromatic carbocycles. The molecule has 1 aromatic heterocycles. The van der Waals surface area contributed by atoms with Gasteiger partial charge in [0.2, 0.25) is 0 Å². The number of fused-ring (bicyclic) bond motifs is 1. The molecule has 0 unspecified atom stereocenters. The molecule has 5 heteroatoms. The van der Waals surface area contributed by atoms with Crippen LogP contribution in [0.4, 0.5) is 0 Å². The fourth-order valence-corrected chi connectivity index (χ4v) is 3.48. The van der Waals surface area contributed by atoms with Gasteiger partial charge in [-0.25, -0.2) is 4.98 Å². The summed E-state index contributed by atoms with van der Waals surface area (Å²) in [5.74, 6) is 1.54. The SMILES string of the molecule is Cc1cc(Br)ccc1-n1c(CCCl)nc2ccc(Br)cc21. The molecule has 21 heavy (non-hydrogen) atoms. The van der Waals surface area contributed by atoms with Crippen LogP contribution in [0.25, 0.3) is 16.7 Å². The maximum absolute atomic E-state index is 5.95. The van der Waals surface area contributed by atoms with E-state index in [0.29, 0.717) is 5.88 Å². The fraction of sp³-hybridized carbons (Fsp3) is 0.188. The second kappa shape index (κ2) is 6.11. The number of halogens is 3. The molecule has 108 valence electrons. The highest BCUT2D eigenvalue weighted by atomic mass is 79.9. The van der Waals surface area contributed by atoms with Gasteiger partial charge in [0.25, 0.3) is 0 Å². The van der Waals surface area contributed by atoms with E-state index in [0.717, 1.165) is 37.9 Å². The molecular weight excluding hydrogens is 415 g/mol. The molecule has 0 amide bonds. The average Bonchev–Trinajstić information content (AvgIpc) is 2.77. The zero-order valence-electron chi connectivity index (χ0n) is 11.4.